The van der Waals surface area contributed by atoms with Crippen LogP contribution in [0.5, 0.6) is 0 Å². The number of benzene rings is 1. The van der Waals surface area contributed by atoms with Crippen molar-refractivity contribution < 1.29 is 13.9 Å². The second kappa shape index (κ2) is 7.36. The van der Waals surface area contributed by atoms with E-state index in [2.05, 4.69) is 10.6 Å². The summed E-state index contributed by atoms with van der Waals surface area (Å²) in [6.07, 6.45) is 1.21. The Morgan fingerprint density at radius 3 is 2.76 bits per heavy atom. The summed E-state index contributed by atoms with van der Waals surface area (Å²) < 4.78 is 10.5. The van der Waals surface area contributed by atoms with Crippen molar-refractivity contribution in [2.45, 2.75) is 6.10 Å². The predicted octanol–water partition coefficient (Wildman–Crippen LogP) is 4.10. The fourth-order valence-electron chi connectivity index (χ4n) is 1.71. The number of ether oxygens (including phenoxy) is 1. The summed E-state index contributed by atoms with van der Waals surface area (Å²) in [6.45, 7) is 0.275. The average molecular weight is 329 g/mol. The Hall–Kier alpha value is -1.69. The SMILES string of the molecule is COC(CNC(=O)Nc1ccc(Cl)c(Cl)c1)c1ccco1. The number of halogens is 2. The summed E-state index contributed by atoms with van der Waals surface area (Å²) in [7, 11) is 1.55. The second-order valence-corrected chi connectivity index (χ2v) is 5.02. The number of nitrogens with one attached hydrogen (secondary N) is 2. The minimum Gasteiger partial charge on any atom is -0.467 e. The molecule has 112 valence electrons. The number of carbonyl (C=O) groups excluding carboxylic acids is 1. The van der Waals surface area contributed by atoms with Gasteiger partial charge in [-0.25, -0.2) is 4.79 Å². The highest BCUT2D eigenvalue weighted by Gasteiger charge is 2.14. The Morgan fingerprint density at radius 2 is 2.14 bits per heavy atom. The topological polar surface area (TPSA) is 63.5 Å². The molecule has 2 amide bonds. The molecule has 0 bridgehead atoms. The molecule has 0 aliphatic rings. The van der Waals surface area contributed by atoms with Gasteiger partial charge < -0.3 is 19.8 Å². The molecular formula is C14H14Cl2N2O3. The molecule has 1 aromatic heterocycles. The highest BCUT2D eigenvalue weighted by atomic mass is 35.5. The molecule has 1 heterocycles. The van der Waals surface area contributed by atoms with E-state index in [-0.39, 0.29) is 18.7 Å². The van der Waals surface area contributed by atoms with Crippen LogP contribution in [-0.4, -0.2) is 19.7 Å². The van der Waals surface area contributed by atoms with E-state index in [4.69, 9.17) is 32.4 Å². The lowest BCUT2D eigenvalue weighted by Crippen LogP contribution is -2.32. The standard InChI is InChI=1S/C14H14Cl2N2O3/c1-20-13(12-3-2-6-21-12)8-17-14(19)18-9-4-5-10(15)11(16)7-9/h2-7,13H,8H2,1H3,(H2,17,18,19). The molecule has 21 heavy (non-hydrogen) atoms. The number of hydrogen-bond donors (Lipinski definition) is 2. The molecule has 0 aliphatic carbocycles. The van der Waals surface area contributed by atoms with Gasteiger partial charge in [-0.2, -0.15) is 0 Å². The van der Waals surface area contributed by atoms with Gasteiger partial charge in [-0.05, 0) is 30.3 Å². The van der Waals surface area contributed by atoms with Crippen LogP contribution >= 0.6 is 23.2 Å². The molecule has 0 saturated heterocycles. The van der Waals surface area contributed by atoms with Crippen LogP contribution in [0, 0.1) is 0 Å². The molecule has 1 atom stereocenters. The molecule has 0 fully saturated rings. The van der Waals surface area contributed by atoms with Crippen molar-refractivity contribution in [1.29, 1.82) is 0 Å². The lowest BCUT2D eigenvalue weighted by molar-refractivity contribution is 0.0855. The maximum atomic E-state index is 11.8. The third kappa shape index (κ3) is 4.39. The number of hydrogen-bond acceptors (Lipinski definition) is 3. The zero-order valence-electron chi connectivity index (χ0n) is 11.2. The highest BCUT2D eigenvalue weighted by Crippen LogP contribution is 2.25. The minimum atomic E-state index is -0.373. The Bertz CT molecular complexity index is 602. The van der Waals surface area contributed by atoms with Crippen molar-refractivity contribution in [1.82, 2.24) is 5.32 Å². The van der Waals surface area contributed by atoms with Crippen molar-refractivity contribution in [3.63, 3.8) is 0 Å². The summed E-state index contributed by atoms with van der Waals surface area (Å²) in [4.78, 5) is 11.8. The molecule has 0 aliphatic heterocycles. The number of carbonyl (C=O) groups is 1. The predicted molar refractivity (Wildman–Crippen MR) is 81.9 cm³/mol. The first-order valence-corrected chi connectivity index (χ1v) is 6.92. The van der Waals surface area contributed by atoms with Gasteiger partial charge in [-0.3, -0.25) is 0 Å². The number of furan rings is 1. The zero-order valence-corrected chi connectivity index (χ0v) is 12.7. The third-order valence-electron chi connectivity index (χ3n) is 2.77. The quantitative estimate of drug-likeness (QED) is 0.868. The fraction of sp³-hybridized carbons (Fsp3) is 0.214. The van der Waals surface area contributed by atoms with E-state index in [1.807, 2.05) is 0 Å². The van der Waals surface area contributed by atoms with Crippen molar-refractivity contribution >= 4 is 34.9 Å². The molecule has 1 unspecified atom stereocenters. The van der Waals surface area contributed by atoms with Gasteiger partial charge in [0.2, 0.25) is 0 Å². The molecule has 1 aromatic carbocycles. The van der Waals surface area contributed by atoms with Gasteiger partial charge in [-0.1, -0.05) is 23.2 Å². The number of rotatable bonds is 5. The van der Waals surface area contributed by atoms with Gasteiger partial charge in [-0.15, -0.1) is 0 Å². The number of amides is 2. The van der Waals surface area contributed by atoms with Crippen molar-refractivity contribution in [2.75, 3.05) is 19.0 Å². The van der Waals surface area contributed by atoms with Gasteiger partial charge >= 0.3 is 6.03 Å². The maximum absolute atomic E-state index is 11.8. The molecule has 0 radical (unpaired) electrons. The molecule has 5 nitrogen and oxygen atoms in total. The normalized spacial score (nSPS) is 12.0. The Kier molecular flexibility index (Phi) is 5.50. The van der Waals surface area contributed by atoms with E-state index in [0.717, 1.165) is 0 Å². The summed E-state index contributed by atoms with van der Waals surface area (Å²) in [6, 6.07) is 8.02. The fourth-order valence-corrected chi connectivity index (χ4v) is 2.01. The first-order chi connectivity index (χ1) is 10.1. The third-order valence-corrected chi connectivity index (χ3v) is 3.51. The minimum absolute atomic E-state index is 0.275. The van der Waals surface area contributed by atoms with Crippen LogP contribution in [0.3, 0.4) is 0 Å². The Morgan fingerprint density at radius 1 is 1.33 bits per heavy atom. The molecule has 0 saturated carbocycles. The van der Waals surface area contributed by atoms with Crippen LogP contribution in [0.25, 0.3) is 0 Å². The van der Waals surface area contributed by atoms with Crippen molar-refractivity contribution in [3.05, 3.63) is 52.4 Å². The number of anilines is 1. The number of methoxy groups -OCH3 is 1. The summed E-state index contributed by atoms with van der Waals surface area (Å²) in [5.41, 5.74) is 0.550. The molecule has 2 rings (SSSR count). The van der Waals surface area contributed by atoms with Crippen LogP contribution in [-0.2, 0) is 4.74 Å². The Balaban J connectivity index is 1.88. The van der Waals surface area contributed by atoms with Gasteiger partial charge in [0, 0.05) is 12.8 Å². The van der Waals surface area contributed by atoms with Gasteiger partial charge in [0.15, 0.2) is 0 Å². The van der Waals surface area contributed by atoms with Gasteiger partial charge in [0.05, 0.1) is 22.9 Å². The molecule has 2 aromatic rings. The van der Waals surface area contributed by atoms with Crippen LogP contribution in [0.4, 0.5) is 10.5 Å². The Labute approximate surface area is 132 Å². The average Bonchev–Trinajstić information content (AvgIpc) is 2.98. The van der Waals surface area contributed by atoms with Crippen LogP contribution < -0.4 is 10.6 Å². The molecule has 0 spiro atoms. The van der Waals surface area contributed by atoms with E-state index >= 15 is 0 Å². The summed E-state index contributed by atoms with van der Waals surface area (Å²) in [5, 5.41) is 6.15. The first kappa shape index (κ1) is 15.7. The largest absolute Gasteiger partial charge is 0.467 e. The molecular weight excluding hydrogens is 315 g/mol. The lowest BCUT2D eigenvalue weighted by atomic mass is 10.2. The van der Waals surface area contributed by atoms with Crippen LogP contribution in [0.1, 0.15) is 11.9 Å². The van der Waals surface area contributed by atoms with Gasteiger partial charge in [0.25, 0.3) is 0 Å². The van der Waals surface area contributed by atoms with Crippen LogP contribution in [0.15, 0.2) is 41.0 Å². The highest BCUT2D eigenvalue weighted by molar-refractivity contribution is 6.42. The molecule has 7 heteroatoms. The smallest absolute Gasteiger partial charge is 0.319 e. The van der Waals surface area contributed by atoms with E-state index in [0.29, 0.717) is 21.5 Å². The summed E-state index contributed by atoms with van der Waals surface area (Å²) >= 11 is 11.7. The van der Waals surface area contributed by atoms with E-state index in [1.54, 1.807) is 43.7 Å². The van der Waals surface area contributed by atoms with Gasteiger partial charge in [0.1, 0.15) is 11.9 Å². The van der Waals surface area contributed by atoms with Crippen LogP contribution in [0.2, 0.25) is 10.0 Å². The first-order valence-electron chi connectivity index (χ1n) is 6.16. The number of urea groups is 1. The van der Waals surface area contributed by atoms with E-state index in [1.165, 1.54) is 0 Å². The maximum Gasteiger partial charge on any atom is 0.319 e. The summed E-state index contributed by atoms with van der Waals surface area (Å²) in [5.74, 6) is 0.646. The second-order valence-electron chi connectivity index (χ2n) is 4.20. The van der Waals surface area contributed by atoms with E-state index < -0.39 is 0 Å². The van der Waals surface area contributed by atoms with Crippen molar-refractivity contribution in [2.24, 2.45) is 0 Å². The molecule has 2 N–H and O–H groups in total. The van der Waals surface area contributed by atoms with E-state index in [9.17, 15) is 4.79 Å². The monoisotopic (exact) mass is 328 g/mol. The van der Waals surface area contributed by atoms with Crippen molar-refractivity contribution in [3.8, 4) is 0 Å². The zero-order chi connectivity index (χ0) is 15.2. The lowest BCUT2D eigenvalue weighted by Gasteiger charge is -2.14.